The Morgan fingerprint density at radius 2 is 2.20 bits per heavy atom. The van der Waals surface area contributed by atoms with Gasteiger partial charge in [0.2, 0.25) is 0 Å². The van der Waals surface area contributed by atoms with Crippen molar-refractivity contribution in [2.24, 2.45) is 0 Å². The third-order valence-electron chi connectivity index (χ3n) is 2.43. The highest BCUT2D eigenvalue weighted by molar-refractivity contribution is 5.87. The lowest BCUT2D eigenvalue weighted by atomic mass is 10.1. The lowest BCUT2D eigenvalue weighted by molar-refractivity contribution is -0.383. The van der Waals surface area contributed by atoms with Crippen molar-refractivity contribution < 1.29 is 10.0 Å². The average molecular weight is 207 g/mol. The van der Waals surface area contributed by atoms with Gasteiger partial charge in [-0.1, -0.05) is 0 Å². The molecule has 0 fully saturated rings. The molecule has 0 bridgehead atoms. The van der Waals surface area contributed by atoms with E-state index in [2.05, 4.69) is 9.97 Å². The smallest absolute Gasteiger partial charge is 0.300 e. The van der Waals surface area contributed by atoms with Gasteiger partial charge in [-0.3, -0.25) is 10.1 Å². The van der Waals surface area contributed by atoms with Crippen LogP contribution in [0.3, 0.4) is 0 Å². The van der Waals surface area contributed by atoms with Gasteiger partial charge >= 0.3 is 0 Å². The van der Waals surface area contributed by atoms with Gasteiger partial charge < -0.3 is 10.1 Å². The second-order valence-corrected chi connectivity index (χ2v) is 3.38. The minimum Gasteiger partial charge on any atom is -0.480 e. The van der Waals surface area contributed by atoms with E-state index in [0.717, 1.165) is 5.56 Å². The van der Waals surface area contributed by atoms with E-state index in [1.807, 2.05) is 0 Å². The summed E-state index contributed by atoms with van der Waals surface area (Å²) in [6.45, 7) is 3.44. The van der Waals surface area contributed by atoms with Crippen LogP contribution in [0.5, 0.6) is 6.01 Å². The lowest BCUT2D eigenvalue weighted by Crippen LogP contribution is -1.95. The molecule has 0 saturated heterocycles. The summed E-state index contributed by atoms with van der Waals surface area (Å²) >= 11 is 0. The highest BCUT2D eigenvalue weighted by Gasteiger charge is 2.21. The maximum atomic E-state index is 10.9. The lowest BCUT2D eigenvalue weighted by Gasteiger charge is -2.01. The molecule has 0 aliphatic rings. The largest absolute Gasteiger partial charge is 0.480 e. The Bertz CT molecular complexity index is 559. The molecule has 0 amide bonds. The molecule has 78 valence electrons. The number of nitro groups is 1. The highest BCUT2D eigenvalue weighted by Crippen LogP contribution is 2.31. The van der Waals surface area contributed by atoms with Crippen molar-refractivity contribution in [2.45, 2.75) is 13.8 Å². The summed E-state index contributed by atoms with van der Waals surface area (Å²) < 4.78 is 0. The molecule has 2 N–H and O–H groups in total. The van der Waals surface area contributed by atoms with Gasteiger partial charge in [-0.15, -0.1) is 0 Å². The summed E-state index contributed by atoms with van der Waals surface area (Å²) in [6.07, 6.45) is 0. The fourth-order valence-electron chi connectivity index (χ4n) is 1.57. The molecule has 0 radical (unpaired) electrons. The molecule has 2 rings (SSSR count). The third kappa shape index (κ3) is 1.30. The number of benzene rings is 1. The van der Waals surface area contributed by atoms with Gasteiger partial charge in [0.05, 0.1) is 10.4 Å². The van der Waals surface area contributed by atoms with E-state index >= 15 is 0 Å². The molecule has 6 nitrogen and oxygen atoms in total. The summed E-state index contributed by atoms with van der Waals surface area (Å²) in [7, 11) is 0. The maximum Gasteiger partial charge on any atom is 0.300 e. The molecule has 6 heteroatoms. The predicted octanol–water partition coefficient (Wildman–Crippen LogP) is 1.79. The van der Waals surface area contributed by atoms with Crippen molar-refractivity contribution in [2.75, 3.05) is 0 Å². The number of aromatic amines is 1. The summed E-state index contributed by atoms with van der Waals surface area (Å²) in [5, 5.41) is 20.0. The molecule has 0 aliphatic carbocycles. The zero-order valence-corrected chi connectivity index (χ0v) is 8.24. The molecule has 0 unspecified atom stereocenters. The first kappa shape index (κ1) is 9.45. The van der Waals surface area contributed by atoms with E-state index in [1.165, 1.54) is 0 Å². The molecule has 0 aliphatic heterocycles. The number of rotatable bonds is 1. The number of imidazole rings is 1. The Kier molecular flexibility index (Phi) is 1.85. The highest BCUT2D eigenvalue weighted by atomic mass is 16.6. The molecule has 0 saturated carbocycles. The van der Waals surface area contributed by atoms with Crippen LogP contribution in [0.15, 0.2) is 6.07 Å². The summed E-state index contributed by atoms with van der Waals surface area (Å²) in [5.41, 5.74) is 1.97. The zero-order chi connectivity index (χ0) is 11.2. The van der Waals surface area contributed by atoms with Crippen molar-refractivity contribution in [3.8, 4) is 6.01 Å². The van der Waals surface area contributed by atoms with Crippen LogP contribution in [0, 0.1) is 24.0 Å². The first-order chi connectivity index (χ1) is 7.00. The summed E-state index contributed by atoms with van der Waals surface area (Å²) in [5.74, 6) is 0. The van der Waals surface area contributed by atoms with Crippen molar-refractivity contribution in [3.05, 3.63) is 27.3 Å². The van der Waals surface area contributed by atoms with E-state index in [0.29, 0.717) is 11.1 Å². The van der Waals surface area contributed by atoms with Crippen LogP contribution < -0.4 is 0 Å². The third-order valence-corrected chi connectivity index (χ3v) is 2.43. The Hall–Kier alpha value is -2.11. The molecular weight excluding hydrogens is 198 g/mol. The molecular formula is C9H9N3O3. The Labute approximate surface area is 84.7 Å². The van der Waals surface area contributed by atoms with Crippen molar-refractivity contribution in [1.82, 2.24) is 9.97 Å². The average Bonchev–Trinajstić information content (AvgIpc) is 2.46. The van der Waals surface area contributed by atoms with Crippen LogP contribution in [0.2, 0.25) is 0 Å². The molecule has 0 spiro atoms. The van der Waals surface area contributed by atoms with Crippen LogP contribution in [0.1, 0.15) is 11.1 Å². The number of nitrogens with one attached hydrogen (secondary N) is 1. The van der Waals surface area contributed by atoms with Crippen LogP contribution in [-0.4, -0.2) is 20.0 Å². The minimum absolute atomic E-state index is 0.0541. The van der Waals surface area contributed by atoms with E-state index in [-0.39, 0.29) is 17.2 Å². The molecule has 0 atom stereocenters. The molecule has 1 aromatic heterocycles. The van der Waals surface area contributed by atoms with E-state index in [1.54, 1.807) is 19.9 Å². The van der Waals surface area contributed by atoms with Gasteiger partial charge in [-0.25, -0.2) is 0 Å². The number of fused-ring (bicyclic) bond motifs is 1. The van der Waals surface area contributed by atoms with Crippen molar-refractivity contribution >= 4 is 16.7 Å². The van der Waals surface area contributed by atoms with Gasteiger partial charge in [-0.05, 0) is 25.5 Å². The molecule has 1 heterocycles. The predicted molar refractivity (Wildman–Crippen MR) is 53.9 cm³/mol. The number of aromatic nitrogens is 2. The zero-order valence-electron chi connectivity index (χ0n) is 8.24. The van der Waals surface area contributed by atoms with Gasteiger partial charge in [-0.2, -0.15) is 4.98 Å². The van der Waals surface area contributed by atoms with Crippen LogP contribution in [0.25, 0.3) is 11.0 Å². The summed E-state index contributed by atoms with van der Waals surface area (Å²) in [6, 6.07) is 1.42. The fraction of sp³-hybridized carbons (Fsp3) is 0.222. The first-order valence-electron chi connectivity index (χ1n) is 4.34. The van der Waals surface area contributed by atoms with Crippen LogP contribution in [-0.2, 0) is 0 Å². The van der Waals surface area contributed by atoms with E-state index < -0.39 is 4.92 Å². The number of nitrogens with zero attached hydrogens (tertiary/aromatic N) is 2. The quantitative estimate of drug-likeness (QED) is 0.550. The SMILES string of the molecule is Cc1cc2[nH]c(O)nc2c([N+](=O)[O-])c1C. The number of aromatic hydroxyl groups is 1. The number of hydrogen-bond acceptors (Lipinski definition) is 4. The standard InChI is InChI=1S/C9H9N3O3/c1-4-3-6-7(11-9(13)10-6)8(5(4)2)12(14)15/h3H,1-2H3,(H2,10,11,13). The molecule has 1 aromatic carbocycles. The Morgan fingerprint density at radius 3 is 2.80 bits per heavy atom. The second kappa shape index (κ2) is 2.94. The minimum atomic E-state index is -0.481. The fourth-order valence-corrected chi connectivity index (χ4v) is 1.57. The Balaban J connectivity index is 2.94. The van der Waals surface area contributed by atoms with E-state index in [4.69, 9.17) is 5.11 Å². The number of nitro benzene ring substituents is 1. The molecule has 15 heavy (non-hydrogen) atoms. The first-order valence-corrected chi connectivity index (χ1v) is 4.34. The Morgan fingerprint density at radius 1 is 1.53 bits per heavy atom. The van der Waals surface area contributed by atoms with Gasteiger partial charge in [0.1, 0.15) is 0 Å². The maximum absolute atomic E-state index is 10.9. The molecule has 2 aromatic rings. The van der Waals surface area contributed by atoms with Gasteiger partial charge in [0.15, 0.2) is 5.52 Å². The van der Waals surface area contributed by atoms with Crippen LogP contribution >= 0.6 is 0 Å². The van der Waals surface area contributed by atoms with Gasteiger partial charge in [0, 0.05) is 5.56 Å². The number of hydrogen-bond donors (Lipinski definition) is 2. The number of aryl methyl sites for hydroxylation is 1. The topological polar surface area (TPSA) is 92.0 Å². The summed E-state index contributed by atoms with van der Waals surface area (Å²) in [4.78, 5) is 16.6. The number of H-pyrrole nitrogens is 1. The van der Waals surface area contributed by atoms with Crippen molar-refractivity contribution in [1.29, 1.82) is 0 Å². The van der Waals surface area contributed by atoms with Crippen LogP contribution in [0.4, 0.5) is 5.69 Å². The normalized spacial score (nSPS) is 10.8. The van der Waals surface area contributed by atoms with Crippen molar-refractivity contribution in [3.63, 3.8) is 0 Å². The van der Waals surface area contributed by atoms with Gasteiger partial charge in [0.25, 0.3) is 11.7 Å². The monoisotopic (exact) mass is 207 g/mol. The van der Waals surface area contributed by atoms with E-state index in [9.17, 15) is 10.1 Å². The second-order valence-electron chi connectivity index (χ2n) is 3.38.